The summed E-state index contributed by atoms with van der Waals surface area (Å²) in [4.78, 5) is 5.20. The van der Waals surface area contributed by atoms with E-state index in [2.05, 4.69) is 108 Å². The molecule has 3 nitrogen and oxygen atoms in total. The number of thiophene rings is 1. The van der Waals surface area contributed by atoms with E-state index in [0.29, 0.717) is 0 Å². The predicted octanol–water partition coefficient (Wildman–Crippen LogP) is 6.08. The van der Waals surface area contributed by atoms with Crippen molar-refractivity contribution < 1.29 is 0 Å². The van der Waals surface area contributed by atoms with Gasteiger partial charge in [-0.05, 0) is 51.6 Å². The van der Waals surface area contributed by atoms with Gasteiger partial charge in [-0.25, -0.2) is 0 Å². The molecule has 5 heteroatoms. The van der Waals surface area contributed by atoms with Gasteiger partial charge in [-0.3, -0.25) is 0 Å². The van der Waals surface area contributed by atoms with E-state index in [1.54, 1.807) is 11.3 Å². The fraction of sp³-hybridized carbons (Fsp3) is 0.346. The Labute approximate surface area is 196 Å². The van der Waals surface area contributed by atoms with E-state index in [-0.39, 0.29) is 5.41 Å². The first-order valence-electron chi connectivity index (χ1n) is 10.7. The average Bonchev–Trinajstić information content (AvgIpc) is 3.28. The summed E-state index contributed by atoms with van der Waals surface area (Å²) in [7, 11) is 4.18. The van der Waals surface area contributed by atoms with Gasteiger partial charge in [0.1, 0.15) is 4.99 Å². The lowest BCUT2D eigenvalue weighted by molar-refractivity contribution is 0.590. The molecule has 0 spiro atoms. The first kappa shape index (κ1) is 23.5. The van der Waals surface area contributed by atoms with Crippen molar-refractivity contribution in [2.24, 2.45) is 0 Å². The van der Waals surface area contributed by atoms with E-state index in [4.69, 9.17) is 12.2 Å². The first-order valence-corrected chi connectivity index (χ1v) is 12.0. The van der Waals surface area contributed by atoms with Gasteiger partial charge < -0.3 is 15.1 Å². The minimum absolute atomic E-state index is 0.142. The van der Waals surface area contributed by atoms with Crippen LogP contribution in [0.15, 0.2) is 65.4 Å². The van der Waals surface area contributed by atoms with Gasteiger partial charge in [-0.2, -0.15) is 11.3 Å². The van der Waals surface area contributed by atoms with E-state index >= 15 is 0 Å². The van der Waals surface area contributed by atoms with Crippen LogP contribution in [0.3, 0.4) is 0 Å². The highest BCUT2D eigenvalue weighted by atomic mass is 32.1. The number of rotatable bonds is 8. The molecule has 0 atom stereocenters. The van der Waals surface area contributed by atoms with Gasteiger partial charge in [0.05, 0.1) is 0 Å². The fourth-order valence-corrected chi connectivity index (χ4v) is 4.27. The van der Waals surface area contributed by atoms with Gasteiger partial charge in [0.25, 0.3) is 0 Å². The second kappa shape index (κ2) is 10.4. The molecule has 1 heterocycles. The molecule has 3 aromatic rings. The molecule has 0 aliphatic rings. The van der Waals surface area contributed by atoms with E-state index in [1.165, 1.54) is 16.8 Å². The second-order valence-electron chi connectivity index (χ2n) is 8.94. The molecule has 31 heavy (non-hydrogen) atoms. The van der Waals surface area contributed by atoms with Crippen LogP contribution < -0.4 is 15.1 Å². The minimum Gasteiger partial charge on any atom is -0.373 e. The van der Waals surface area contributed by atoms with Gasteiger partial charge in [-0.1, -0.05) is 63.3 Å². The topological polar surface area (TPSA) is 18.5 Å². The zero-order valence-electron chi connectivity index (χ0n) is 19.2. The number of nitrogens with one attached hydrogen (secondary N) is 1. The maximum absolute atomic E-state index is 5.80. The fourth-order valence-electron chi connectivity index (χ4n) is 3.36. The summed E-state index contributed by atoms with van der Waals surface area (Å²) in [6, 6.07) is 19.4. The zero-order valence-corrected chi connectivity index (χ0v) is 20.8. The van der Waals surface area contributed by atoms with Crippen LogP contribution in [0.1, 0.15) is 37.5 Å². The Bertz CT molecular complexity index is 973. The van der Waals surface area contributed by atoms with Crippen LogP contribution in [-0.4, -0.2) is 32.2 Å². The Hall–Kier alpha value is -2.21. The van der Waals surface area contributed by atoms with Crippen molar-refractivity contribution >= 4 is 39.9 Å². The van der Waals surface area contributed by atoms with Crippen LogP contribution in [0, 0.1) is 0 Å². The second-order valence-corrected chi connectivity index (χ2v) is 10.1. The van der Waals surface area contributed by atoms with Crippen LogP contribution in [0.25, 0.3) is 0 Å². The molecule has 0 unspecified atom stereocenters. The molecule has 2 aromatic carbocycles. The summed E-state index contributed by atoms with van der Waals surface area (Å²) in [5, 5.41) is 7.82. The highest BCUT2D eigenvalue weighted by molar-refractivity contribution is 7.81. The Kier molecular flexibility index (Phi) is 7.87. The third-order valence-electron chi connectivity index (χ3n) is 5.49. The summed E-state index contributed by atoms with van der Waals surface area (Å²) < 4.78 is 0. The summed E-state index contributed by atoms with van der Waals surface area (Å²) >= 11 is 7.54. The average molecular weight is 452 g/mol. The molecule has 0 saturated carbocycles. The van der Waals surface area contributed by atoms with Crippen LogP contribution >= 0.6 is 23.6 Å². The number of anilines is 2. The van der Waals surface area contributed by atoms with E-state index in [0.717, 1.165) is 35.9 Å². The number of hydrogen-bond acceptors (Lipinski definition) is 4. The monoisotopic (exact) mass is 451 g/mol. The Morgan fingerprint density at radius 2 is 1.71 bits per heavy atom. The minimum atomic E-state index is 0.142. The SMILES string of the molecule is CN(CCNCc1ccsc1)c1cccc(N(C)C(=S)c2ccc(C(C)(C)C)cc2)c1. The lowest BCUT2D eigenvalue weighted by atomic mass is 9.87. The van der Waals surface area contributed by atoms with Gasteiger partial charge in [-0.15, -0.1) is 0 Å². The van der Waals surface area contributed by atoms with Crippen LogP contribution in [0.2, 0.25) is 0 Å². The highest BCUT2D eigenvalue weighted by Crippen LogP contribution is 2.25. The summed E-state index contributed by atoms with van der Waals surface area (Å²) in [6.07, 6.45) is 0. The quantitative estimate of drug-likeness (QED) is 0.330. The highest BCUT2D eigenvalue weighted by Gasteiger charge is 2.15. The van der Waals surface area contributed by atoms with E-state index in [1.807, 2.05) is 7.05 Å². The van der Waals surface area contributed by atoms with Gasteiger partial charge in [0.15, 0.2) is 0 Å². The van der Waals surface area contributed by atoms with Crippen molar-refractivity contribution in [1.29, 1.82) is 0 Å². The first-order chi connectivity index (χ1) is 14.8. The number of thiocarbonyl (C=S) groups is 1. The molecule has 0 aliphatic carbocycles. The zero-order chi connectivity index (χ0) is 22.4. The maximum Gasteiger partial charge on any atom is 0.113 e. The van der Waals surface area contributed by atoms with Crippen molar-refractivity contribution in [1.82, 2.24) is 5.32 Å². The van der Waals surface area contributed by atoms with Crippen molar-refractivity contribution in [3.05, 3.63) is 82.0 Å². The standard InChI is InChI=1S/C26H33N3S2/c1-26(2,3)22-11-9-21(10-12-22)25(30)29(5)24-8-6-7-23(17-24)28(4)15-14-27-18-20-13-16-31-19-20/h6-13,16-17,19,27H,14-15,18H2,1-5H3. The molecule has 1 aromatic heterocycles. The van der Waals surface area contributed by atoms with Crippen LogP contribution in [0.5, 0.6) is 0 Å². The molecule has 0 bridgehead atoms. The number of benzene rings is 2. The summed E-state index contributed by atoms with van der Waals surface area (Å²) in [5.41, 5.74) is 6.16. The molecule has 0 aliphatic heterocycles. The van der Waals surface area contributed by atoms with E-state index in [9.17, 15) is 0 Å². The molecule has 0 amide bonds. The normalized spacial score (nSPS) is 11.4. The van der Waals surface area contributed by atoms with Crippen molar-refractivity contribution in [3.8, 4) is 0 Å². The van der Waals surface area contributed by atoms with Crippen LogP contribution in [-0.2, 0) is 12.0 Å². The Morgan fingerprint density at radius 1 is 1.00 bits per heavy atom. The van der Waals surface area contributed by atoms with Crippen LogP contribution in [0.4, 0.5) is 11.4 Å². The molecule has 0 radical (unpaired) electrons. The maximum atomic E-state index is 5.80. The molecule has 0 fully saturated rings. The van der Waals surface area contributed by atoms with Crippen molar-refractivity contribution in [3.63, 3.8) is 0 Å². The van der Waals surface area contributed by atoms with Crippen molar-refractivity contribution in [2.75, 3.05) is 37.0 Å². The number of nitrogens with zero attached hydrogens (tertiary/aromatic N) is 2. The lowest BCUT2D eigenvalue weighted by Crippen LogP contribution is -2.29. The predicted molar refractivity (Wildman–Crippen MR) is 141 cm³/mol. The van der Waals surface area contributed by atoms with Gasteiger partial charge in [0, 0.05) is 50.7 Å². The van der Waals surface area contributed by atoms with E-state index < -0.39 is 0 Å². The summed E-state index contributed by atoms with van der Waals surface area (Å²) in [5.74, 6) is 0. The Morgan fingerprint density at radius 3 is 2.35 bits per heavy atom. The molecular formula is C26H33N3S2. The van der Waals surface area contributed by atoms with Crippen molar-refractivity contribution in [2.45, 2.75) is 32.7 Å². The Balaban J connectivity index is 1.60. The number of likely N-dealkylation sites (N-methyl/N-ethyl adjacent to an activating group) is 1. The smallest absolute Gasteiger partial charge is 0.113 e. The molecule has 164 valence electrons. The van der Waals surface area contributed by atoms with Gasteiger partial charge in [0.2, 0.25) is 0 Å². The third kappa shape index (κ3) is 6.39. The number of hydrogen-bond donors (Lipinski definition) is 1. The largest absolute Gasteiger partial charge is 0.373 e. The molecule has 3 rings (SSSR count). The molecular weight excluding hydrogens is 418 g/mol. The summed E-state index contributed by atoms with van der Waals surface area (Å²) in [6.45, 7) is 9.48. The third-order valence-corrected chi connectivity index (χ3v) is 6.74. The lowest BCUT2D eigenvalue weighted by Gasteiger charge is -2.25. The van der Waals surface area contributed by atoms with Gasteiger partial charge >= 0.3 is 0 Å². The molecule has 1 N–H and O–H groups in total. The molecule has 0 saturated heterocycles.